The monoisotopic (exact) mass is 309 g/mol. The summed E-state index contributed by atoms with van der Waals surface area (Å²) >= 11 is 0. The lowest BCUT2D eigenvalue weighted by atomic mass is 9.98. The van der Waals surface area contributed by atoms with Gasteiger partial charge in [0.05, 0.1) is 0 Å². The predicted molar refractivity (Wildman–Crippen MR) is 89.4 cm³/mol. The van der Waals surface area contributed by atoms with Gasteiger partial charge in [0, 0.05) is 25.2 Å². The van der Waals surface area contributed by atoms with Crippen LogP contribution in [0.25, 0.3) is 0 Å². The molecule has 1 rings (SSSR count). The van der Waals surface area contributed by atoms with Gasteiger partial charge in [0.1, 0.15) is 5.75 Å². The smallest absolute Gasteiger partial charge is 0.512 e. The molecule has 0 saturated heterocycles. The van der Waals surface area contributed by atoms with Gasteiger partial charge in [-0.05, 0) is 59.5 Å². The first-order valence-electron chi connectivity index (χ1n) is 7.31. The summed E-state index contributed by atoms with van der Waals surface area (Å²) in [6.45, 7) is 2.27. The highest BCUT2D eigenvalue weighted by Gasteiger charge is 2.20. The maximum absolute atomic E-state index is 9.15. The first-order valence-corrected chi connectivity index (χ1v) is 7.31. The third-order valence-electron chi connectivity index (χ3n) is 3.15. The lowest BCUT2D eigenvalue weighted by Crippen LogP contribution is -2.25. The molecule has 0 aromatic heterocycles. The van der Waals surface area contributed by atoms with Crippen molar-refractivity contribution in [3.8, 4) is 5.75 Å². The van der Waals surface area contributed by atoms with E-state index in [0.29, 0.717) is 12.3 Å². The molecule has 0 fully saturated rings. The Balaban J connectivity index is 3.36. The summed E-state index contributed by atoms with van der Waals surface area (Å²) in [5.74, 6) is 0.517. The fraction of sp³-hybridized carbons (Fsp3) is 0.600. The van der Waals surface area contributed by atoms with Crippen molar-refractivity contribution < 1.29 is 14.7 Å². The lowest BCUT2D eigenvalue weighted by molar-refractivity contribution is 0.283. The van der Waals surface area contributed by atoms with Gasteiger partial charge < -0.3 is 29.4 Å². The van der Waals surface area contributed by atoms with Crippen LogP contribution in [0.4, 0.5) is 0 Å². The van der Waals surface area contributed by atoms with Crippen molar-refractivity contribution in [2.75, 3.05) is 42.3 Å². The van der Waals surface area contributed by atoms with Crippen LogP contribution in [0.5, 0.6) is 5.75 Å². The summed E-state index contributed by atoms with van der Waals surface area (Å²) in [6.07, 6.45) is 0. The molecule has 1 aromatic rings. The SMILES string of the molecule is CN(C)Cc1ccc(OB(O)O)c(CN(C)C)c1CN(C)C. The van der Waals surface area contributed by atoms with Gasteiger partial charge in [-0.25, -0.2) is 0 Å². The molecule has 0 atom stereocenters. The van der Waals surface area contributed by atoms with Gasteiger partial charge in [0.15, 0.2) is 0 Å². The third-order valence-corrected chi connectivity index (χ3v) is 3.15. The van der Waals surface area contributed by atoms with Crippen LogP contribution in [0.2, 0.25) is 0 Å². The molecule has 0 amide bonds. The normalized spacial score (nSPS) is 11.6. The summed E-state index contributed by atoms with van der Waals surface area (Å²) in [7, 11) is 10.3. The molecule has 6 nitrogen and oxygen atoms in total. The second kappa shape index (κ2) is 8.50. The van der Waals surface area contributed by atoms with E-state index in [1.807, 2.05) is 59.3 Å². The lowest BCUT2D eigenvalue weighted by Gasteiger charge is -2.24. The van der Waals surface area contributed by atoms with Crippen molar-refractivity contribution in [3.05, 3.63) is 28.8 Å². The molecule has 0 bridgehead atoms. The Labute approximate surface area is 134 Å². The van der Waals surface area contributed by atoms with Crippen molar-refractivity contribution >= 4 is 7.32 Å². The average Bonchev–Trinajstić information content (AvgIpc) is 2.34. The summed E-state index contributed by atoms with van der Waals surface area (Å²) in [5.41, 5.74) is 3.38. The van der Waals surface area contributed by atoms with Crippen LogP contribution >= 0.6 is 0 Å². The topological polar surface area (TPSA) is 59.4 Å². The predicted octanol–water partition coefficient (Wildman–Crippen LogP) is 0.220. The van der Waals surface area contributed by atoms with Crippen molar-refractivity contribution in [2.24, 2.45) is 0 Å². The molecule has 0 saturated carbocycles. The quantitative estimate of drug-likeness (QED) is 0.670. The van der Waals surface area contributed by atoms with Crippen molar-refractivity contribution in [1.29, 1.82) is 0 Å². The maximum atomic E-state index is 9.15. The molecule has 0 unspecified atom stereocenters. The molecule has 0 aliphatic carbocycles. The number of hydrogen-bond acceptors (Lipinski definition) is 6. The van der Waals surface area contributed by atoms with Gasteiger partial charge in [0.25, 0.3) is 0 Å². The van der Waals surface area contributed by atoms with Gasteiger partial charge in [-0.2, -0.15) is 0 Å². The van der Waals surface area contributed by atoms with Crippen LogP contribution in [-0.2, 0) is 19.6 Å². The van der Waals surface area contributed by atoms with Gasteiger partial charge in [0.2, 0.25) is 0 Å². The van der Waals surface area contributed by atoms with E-state index >= 15 is 0 Å². The van der Waals surface area contributed by atoms with E-state index in [4.69, 9.17) is 14.7 Å². The summed E-state index contributed by atoms with van der Waals surface area (Å²) in [4.78, 5) is 6.27. The van der Waals surface area contributed by atoms with Crippen LogP contribution in [-0.4, -0.2) is 74.4 Å². The Hall–Kier alpha value is -1.12. The fourth-order valence-corrected chi connectivity index (χ4v) is 2.44. The molecule has 22 heavy (non-hydrogen) atoms. The average molecular weight is 309 g/mol. The Morgan fingerprint density at radius 2 is 1.32 bits per heavy atom. The van der Waals surface area contributed by atoms with E-state index in [-0.39, 0.29) is 0 Å². The summed E-state index contributed by atoms with van der Waals surface area (Å²) in [5, 5.41) is 18.3. The molecule has 0 aliphatic heterocycles. The first-order chi connectivity index (χ1) is 10.2. The second-order valence-corrected chi connectivity index (χ2v) is 6.34. The fourth-order valence-electron chi connectivity index (χ4n) is 2.44. The van der Waals surface area contributed by atoms with Crippen molar-refractivity contribution in [1.82, 2.24) is 14.7 Å². The molecule has 124 valence electrons. The third kappa shape index (κ3) is 5.94. The maximum Gasteiger partial charge on any atom is 0.707 e. The number of benzene rings is 1. The molecular formula is C15H28BN3O3. The minimum Gasteiger partial charge on any atom is -0.512 e. The first kappa shape index (κ1) is 18.9. The Morgan fingerprint density at radius 1 is 0.818 bits per heavy atom. The number of hydrogen-bond donors (Lipinski definition) is 2. The van der Waals surface area contributed by atoms with E-state index in [9.17, 15) is 0 Å². The van der Waals surface area contributed by atoms with E-state index in [1.54, 1.807) is 0 Å². The molecule has 0 radical (unpaired) electrons. The Morgan fingerprint density at radius 3 is 1.77 bits per heavy atom. The Bertz CT molecular complexity index is 436. The van der Waals surface area contributed by atoms with E-state index < -0.39 is 7.32 Å². The van der Waals surface area contributed by atoms with Crippen LogP contribution in [0.3, 0.4) is 0 Å². The van der Waals surface area contributed by atoms with E-state index in [2.05, 4.69) is 9.80 Å². The van der Waals surface area contributed by atoms with Crippen LogP contribution in [0.15, 0.2) is 12.1 Å². The van der Waals surface area contributed by atoms with E-state index in [0.717, 1.165) is 18.7 Å². The molecule has 2 N–H and O–H groups in total. The highest BCUT2D eigenvalue weighted by molar-refractivity contribution is 6.33. The second-order valence-electron chi connectivity index (χ2n) is 6.34. The number of nitrogens with zero attached hydrogens (tertiary/aromatic N) is 3. The van der Waals surface area contributed by atoms with Gasteiger partial charge >= 0.3 is 7.32 Å². The van der Waals surface area contributed by atoms with Crippen LogP contribution in [0, 0.1) is 0 Å². The summed E-state index contributed by atoms with van der Waals surface area (Å²) in [6, 6.07) is 3.81. The largest absolute Gasteiger partial charge is 0.707 e. The highest BCUT2D eigenvalue weighted by Crippen LogP contribution is 2.29. The van der Waals surface area contributed by atoms with Crippen LogP contribution < -0.4 is 4.65 Å². The number of rotatable bonds is 8. The van der Waals surface area contributed by atoms with Crippen molar-refractivity contribution in [2.45, 2.75) is 19.6 Å². The molecule has 0 aliphatic rings. The standard InChI is InChI=1S/C15H28BN3O3/c1-17(2)9-12-7-8-15(22-16(20)21)14(11-19(5)6)13(12)10-18(3)4/h7-8,20-21H,9-11H2,1-6H3. The zero-order chi connectivity index (χ0) is 16.9. The highest BCUT2D eigenvalue weighted by atomic mass is 16.6. The molecule has 1 aromatic carbocycles. The zero-order valence-electron chi connectivity index (χ0n) is 14.5. The molecule has 7 heteroatoms. The minimum absolute atomic E-state index is 0.517. The Kier molecular flexibility index (Phi) is 7.31. The van der Waals surface area contributed by atoms with E-state index in [1.165, 1.54) is 11.1 Å². The van der Waals surface area contributed by atoms with Gasteiger partial charge in [-0.3, -0.25) is 0 Å². The molecular weight excluding hydrogens is 281 g/mol. The van der Waals surface area contributed by atoms with Crippen molar-refractivity contribution in [3.63, 3.8) is 0 Å². The summed E-state index contributed by atoms with van der Waals surface area (Å²) < 4.78 is 5.18. The zero-order valence-corrected chi connectivity index (χ0v) is 14.5. The van der Waals surface area contributed by atoms with Crippen LogP contribution in [0.1, 0.15) is 16.7 Å². The molecule has 0 heterocycles. The molecule has 0 spiro atoms. The van der Waals surface area contributed by atoms with Gasteiger partial charge in [-0.1, -0.05) is 6.07 Å². The minimum atomic E-state index is -1.81. The van der Waals surface area contributed by atoms with Gasteiger partial charge in [-0.15, -0.1) is 0 Å².